The van der Waals surface area contributed by atoms with Crippen molar-refractivity contribution in [2.75, 3.05) is 5.32 Å². The Balaban J connectivity index is 2.77. The summed E-state index contributed by atoms with van der Waals surface area (Å²) in [6.07, 6.45) is -0.505. The first kappa shape index (κ1) is 12.6. The van der Waals surface area contributed by atoms with Crippen LogP contribution in [-0.2, 0) is 4.74 Å². The highest BCUT2D eigenvalue weighted by Crippen LogP contribution is 2.23. The van der Waals surface area contributed by atoms with Crippen molar-refractivity contribution in [3.8, 4) is 0 Å². The van der Waals surface area contributed by atoms with E-state index in [0.717, 1.165) is 11.3 Å². The third kappa shape index (κ3) is 3.57. The maximum atomic E-state index is 11.5. The summed E-state index contributed by atoms with van der Waals surface area (Å²) >= 11 is 0. The van der Waals surface area contributed by atoms with Gasteiger partial charge < -0.3 is 4.74 Å². The normalized spacial score (nSPS) is 10.6. The fraction of sp³-hybridized carbons (Fsp3) is 0.462. The molecule has 0 unspecified atom stereocenters. The Kier molecular flexibility index (Phi) is 4.35. The number of amides is 1. The van der Waals surface area contributed by atoms with Gasteiger partial charge in [0.25, 0.3) is 0 Å². The monoisotopic (exact) mass is 221 g/mol. The first-order valence-electron chi connectivity index (χ1n) is 5.57. The summed E-state index contributed by atoms with van der Waals surface area (Å²) in [7, 11) is 0. The van der Waals surface area contributed by atoms with Crippen LogP contribution in [0.3, 0.4) is 0 Å². The second-order valence-electron chi connectivity index (χ2n) is 4.32. The largest absolute Gasteiger partial charge is 0.447 e. The van der Waals surface area contributed by atoms with E-state index in [1.54, 1.807) is 0 Å². The maximum Gasteiger partial charge on any atom is 0.411 e. The number of nitrogens with one attached hydrogen (secondary N) is 1. The molecule has 1 N–H and O–H groups in total. The van der Waals surface area contributed by atoms with Crippen molar-refractivity contribution in [1.82, 2.24) is 0 Å². The minimum Gasteiger partial charge on any atom is -0.447 e. The van der Waals surface area contributed by atoms with Crippen LogP contribution in [0.5, 0.6) is 0 Å². The standard InChI is InChI=1S/C13H19NO2/c1-9(2)11-7-5-6-8-12(11)14-13(15)16-10(3)4/h5-10H,1-4H3,(H,14,15). The van der Waals surface area contributed by atoms with E-state index in [1.165, 1.54) is 0 Å². The van der Waals surface area contributed by atoms with E-state index in [0.29, 0.717) is 5.92 Å². The summed E-state index contributed by atoms with van der Waals surface area (Å²) < 4.78 is 5.04. The lowest BCUT2D eigenvalue weighted by molar-refractivity contribution is 0.130. The zero-order chi connectivity index (χ0) is 12.1. The lowest BCUT2D eigenvalue weighted by atomic mass is 10.0. The molecule has 0 heterocycles. The molecule has 1 aromatic rings. The smallest absolute Gasteiger partial charge is 0.411 e. The Morgan fingerprint density at radius 2 is 1.81 bits per heavy atom. The van der Waals surface area contributed by atoms with Crippen LogP contribution < -0.4 is 5.32 Å². The molecule has 88 valence electrons. The molecule has 0 saturated carbocycles. The van der Waals surface area contributed by atoms with Crippen LogP contribution >= 0.6 is 0 Å². The van der Waals surface area contributed by atoms with Crippen LogP contribution in [0.25, 0.3) is 0 Å². The van der Waals surface area contributed by atoms with Gasteiger partial charge in [-0.05, 0) is 31.4 Å². The van der Waals surface area contributed by atoms with Crippen molar-refractivity contribution < 1.29 is 9.53 Å². The lowest BCUT2D eigenvalue weighted by Gasteiger charge is -2.14. The van der Waals surface area contributed by atoms with Crippen LogP contribution in [0.4, 0.5) is 10.5 Å². The topological polar surface area (TPSA) is 38.3 Å². The Hall–Kier alpha value is -1.51. The van der Waals surface area contributed by atoms with Gasteiger partial charge in [0, 0.05) is 5.69 Å². The van der Waals surface area contributed by atoms with E-state index >= 15 is 0 Å². The van der Waals surface area contributed by atoms with Crippen LogP contribution in [-0.4, -0.2) is 12.2 Å². The molecular weight excluding hydrogens is 202 g/mol. The van der Waals surface area contributed by atoms with E-state index in [2.05, 4.69) is 19.2 Å². The van der Waals surface area contributed by atoms with Crippen LogP contribution in [0.2, 0.25) is 0 Å². The Bertz CT molecular complexity index is 359. The minimum absolute atomic E-state index is 0.105. The first-order chi connectivity index (χ1) is 7.50. The molecular formula is C13H19NO2. The zero-order valence-electron chi connectivity index (χ0n) is 10.3. The minimum atomic E-state index is -0.400. The maximum absolute atomic E-state index is 11.5. The van der Waals surface area contributed by atoms with Crippen molar-refractivity contribution in [1.29, 1.82) is 0 Å². The average molecular weight is 221 g/mol. The molecule has 0 aliphatic rings. The average Bonchev–Trinajstić information content (AvgIpc) is 2.16. The predicted molar refractivity (Wildman–Crippen MR) is 65.8 cm³/mol. The number of benzene rings is 1. The highest BCUT2D eigenvalue weighted by molar-refractivity contribution is 5.85. The first-order valence-corrected chi connectivity index (χ1v) is 5.57. The summed E-state index contributed by atoms with van der Waals surface area (Å²) in [5.41, 5.74) is 1.94. The molecule has 1 rings (SSSR count). The second-order valence-corrected chi connectivity index (χ2v) is 4.32. The molecule has 3 heteroatoms. The molecule has 0 fully saturated rings. The number of ether oxygens (including phenoxy) is 1. The van der Waals surface area contributed by atoms with Gasteiger partial charge in [-0.3, -0.25) is 5.32 Å². The highest BCUT2D eigenvalue weighted by atomic mass is 16.6. The lowest BCUT2D eigenvalue weighted by Crippen LogP contribution is -2.18. The van der Waals surface area contributed by atoms with Crippen molar-refractivity contribution >= 4 is 11.8 Å². The van der Waals surface area contributed by atoms with E-state index in [-0.39, 0.29) is 6.10 Å². The van der Waals surface area contributed by atoms with E-state index < -0.39 is 6.09 Å². The van der Waals surface area contributed by atoms with E-state index in [1.807, 2.05) is 38.1 Å². The number of carbonyl (C=O) groups is 1. The molecule has 0 aliphatic carbocycles. The van der Waals surface area contributed by atoms with Gasteiger partial charge in [-0.15, -0.1) is 0 Å². The van der Waals surface area contributed by atoms with Crippen molar-refractivity contribution in [2.45, 2.75) is 39.7 Å². The van der Waals surface area contributed by atoms with Gasteiger partial charge in [-0.2, -0.15) is 0 Å². The molecule has 0 aliphatic heterocycles. The number of para-hydroxylation sites is 1. The van der Waals surface area contributed by atoms with Gasteiger partial charge >= 0.3 is 6.09 Å². The predicted octanol–water partition coefficient (Wildman–Crippen LogP) is 3.77. The fourth-order valence-electron chi connectivity index (χ4n) is 1.47. The summed E-state index contributed by atoms with van der Waals surface area (Å²) in [6.45, 7) is 7.84. The molecule has 0 radical (unpaired) electrons. The van der Waals surface area contributed by atoms with Gasteiger partial charge in [0.1, 0.15) is 0 Å². The van der Waals surface area contributed by atoms with E-state index in [4.69, 9.17) is 4.74 Å². The highest BCUT2D eigenvalue weighted by Gasteiger charge is 2.10. The molecule has 16 heavy (non-hydrogen) atoms. The van der Waals surface area contributed by atoms with Crippen LogP contribution in [0.15, 0.2) is 24.3 Å². The number of anilines is 1. The Morgan fingerprint density at radius 1 is 1.19 bits per heavy atom. The molecule has 3 nitrogen and oxygen atoms in total. The fourth-order valence-corrected chi connectivity index (χ4v) is 1.47. The summed E-state index contributed by atoms with van der Waals surface area (Å²) in [5, 5.41) is 2.76. The molecule has 1 aromatic carbocycles. The Labute approximate surface area is 96.8 Å². The molecule has 0 bridgehead atoms. The number of rotatable bonds is 3. The zero-order valence-corrected chi connectivity index (χ0v) is 10.3. The third-order valence-electron chi connectivity index (χ3n) is 2.16. The second kappa shape index (κ2) is 5.54. The Morgan fingerprint density at radius 3 is 2.38 bits per heavy atom. The molecule has 1 amide bonds. The molecule has 0 saturated heterocycles. The number of hydrogen-bond donors (Lipinski definition) is 1. The molecule has 0 spiro atoms. The van der Waals surface area contributed by atoms with Gasteiger partial charge in [0.05, 0.1) is 6.10 Å². The van der Waals surface area contributed by atoms with Crippen molar-refractivity contribution in [3.63, 3.8) is 0 Å². The van der Waals surface area contributed by atoms with Gasteiger partial charge in [-0.1, -0.05) is 32.0 Å². The van der Waals surface area contributed by atoms with Gasteiger partial charge in [-0.25, -0.2) is 4.79 Å². The van der Waals surface area contributed by atoms with Crippen molar-refractivity contribution in [3.05, 3.63) is 29.8 Å². The molecule has 0 atom stereocenters. The SMILES string of the molecule is CC(C)OC(=O)Nc1ccccc1C(C)C. The van der Waals surface area contributed by atoms with Gasteiger partial charge in [0.2, 0.25) is 0 Å². The van der Waals surface area contributed by atoms with Crippen molar-refractivity contribution in [2.24, 2.45) is 0 Å². The summed E-state index contributed by atoms with van der Waals surface area (Å²) in [6, 6.07) is 7.76. The third-order valence-corrected chi connectivity index (χ3v) is 2.16. The van der Waals surface area contributed by atoms with Crippen LogP contribution in [0, 0.1) is 0 Å². The summed E-state index contributed by atoms with van der Waals surface area (Å²) in [4.78, 5) is 11.5. The van der Waals surface area contributed by atoms with Crippen LogP contribution in [0.1, 0.15) is 39.2 Å². The van der Waals surface area contributed by atoms with E-state index in [9.17, 15) is 4.79 Å². The summed E-state index contributed by atoms with van der Waals surface area (Å²) in [5.74, 6) is 0.371. The molecule has 0 aromatic heterocycles. The number of carbonyl (C=O) groups excluding carboxylic acids is 1. The number of hydrogen-bond acceptors (Lipinski definition) is 2. The van der Waals surface area contributed by atoms with Gasteiger partial charge in [0.15, 0.2) is 0 Å². The quantitative estimate of drug-likeness (QED) is 0.843.